The number of aromatic nitrogens is 2. The van der Waals surface area contributed by atoms with E-state index < -0.39 is 22.0 Å². The molecule has 1 heterocycles. The van der Waals surface area contributed by atoms with Crippen molar-refractivity contribution in [1.29, 1.82) is 0 Å². The van der Waals surface area contributed by atoms with E-state index in [2.05, 4.69) is 13.5 Å². The van der Waals surface area contributed by atoms with E-state index in [0.29, 0.717) is 16.6 Å². The first-order valence-corrected chi connectivity index (χ1v) is 9.99. The van der Waals surface area contributed by atoms with Crippen LogP contribution in [0.3, 0.4) is 0 Å². The average Bonchev–Trinajstić information content (AvgIpc) is 3.10. The molecule has 136 valence electrons. The van der Waals surface area contributed by atoms with Crippen molar-refractivity contribution in [2.75, 3.05) is 7.11 Å². The summed E-state index contributed by atoms with van der Waals surface area (Å²) in [6, 6.07) is 11.3. The lowest BCUT2D eigenvalue weighted by atomic mass is 10.0. The summed E-state index contributed by atoms with van der Waals surface area (Å²) in [7, 11) is -2.65. The first kappa shape index (κ1) is 18.4. The van der Waals surface area contributed by atoms with Gasteiger partial charge in [0, 0.05) is 0 Å². The maximum atomic E-state index is 12.9. The van der Waals surface area contributed by atoms with E-state index in [1.807, 2.05) is 19.1 Å². The highest BCUT2D eigenvalue weighted by Gasteiger charge is 2.26. The largest absolute Gasteiger partial charge is 0.469 e. The summed E-state index contributed by atoms with van der Waals surface area (Å²) in [6.07, 6.45) is -0.121. The van der Waals surface area contributed by atoms with Crippen LogP contribution in [-0.4, -0.2) is 30.2 Å². The summed E-state index contributed by atoms with van der Waals surface area (Å²) in [5, 5.41) is 0. The second-order valence-corrected chi connectivity index (χ2v) is 7.96. The number of sulfonamides is 1. The van der Waals surface area contributed by atoms with Gasteiger partial charge in [0.05, 0.1) is 31.3 Å². The zero-order valence-electron chi connectivity index (χ0n) is 14.2. The van der Waals surface area contributed by atoms with Crippen LogP contribution in [0.1, 0.15) is 23.6 Å². The number of carbonyl (C=O) groups excluding carboxylic acids is 1. The van der Waals surface area contributed by atoms with Gasteiger partial charge in [-0.1, -0.05) is 35.9 Å². The number of nitrogens with one attached hydrogen (secondary N) is 1. The molecule has 0 bridgehead atoms. The minimum absolute atomic E-state index is 0.0331. The van der Waals surface area contributed by atoms with Gasteiger partial charge in [-0.05, 0) is 24.6 Å². The molecule has 7 nitrogen and oxygen atoms in total. The Balaban J connectivity index is 1.98. The molecule has 0 amide bonds. The van der Waals surface area contributed by atoms with Crippen molar-refractivity contribution in [3.05, 3.63) is 53.6 Å². The van der Waals surface area contributed by atoms with Crippen LogP contribution in [0.15, 0.2) is 47.4 Å². The van der Waals surface area contributed by atoms with Gasteiger partial charge in [0.1, 0.15) is 15.9 Å². The molecule has 3 aromatic rings. The predicted molar refractivity (Wildman–Crippen MR) is 98.3 cm³/mol. The van der Waals surface area contributed by atoms with E-state index >= 15 is 0 Å². The van der Waals surface area contributed by atoms with Gasteiger partial charge in [-0.3, -0.25) is 4.79 Å². The van der Waals surface area contributed by atoms with Gasteiger partial charge in [-0.2, -0.15) is 8.75 Å². The fourth-order valence-electron chi connectivity index (χ4n) is 2.53. The van der Waals surface area contributed by atoms with E-state index in [-0.39, 0.29) is 11.3 Å². The van der Waals surface area contributed by atoms with Crippen LogP contribution in [0.4, 0.5) is 0 Å². The van der Waals surface area contributed by atoms with E-state index in [4.69, 9.17) is 4.74 Å². The molecule has 2 aromatic carbocycles. The first-order chi connectivity index (χ1) is 12.4. The third-order valence-electron chi connectivity index (χ3n) is 3.91. The van der Waals surface area contributed by atoms with Crippen molar-refractivity contribution in [2.45, 2.75) is 24.3 Å². The number of esters is 1. The highest BCUT2D eigenvalue weighted by molar-refractivity contribution is 7.89. The molecular weight excluding hydrogens is 374 g/mol. The Kier molecular flexibility index (Phi) is 5.30. The lowest BCUT2D eigenvalue weighted by molar-refractivity contribution is -0.141. The summed E-state index contributed by atoms with van der Waals surface area (Å²) in [5.41, 5.74) is 2.53. The number of nitrogens with zero attached hydrogens (tertiary/aromatic N) is 2. The molecule has 1 N–H and O–H groups in total. The van der Waals surface area contributed by atoms with Crippen LogP contribution in [0, 0.1) is 6.92 Å². The Labute approximate surface area is 155 Å². The van der Waals surface area contributed by atoms with Crippen LogP contribution in [0.2, 0.25) is 0 Å². The zero-order valence-corrected chi connectivity index (χ0v) is 15.8. The number of methoxy groups -OCH3 is 1. The Morgan fingerprint density at radius 1 is 1.19 bits per heavy atom. The van der Waals surface area contributed by atoms with Gasteiger partial charge in [0.2, 0.25) is 10.0 Å². The molecule has 0 aliphatic rings. The Hall–Kier alpha value is -2.36. The lowest BCUT2D eigenvalue weighted by Gasteiger charge is -2.18. The van der Waals surface area contributed by atoms with Crippen molar-refractivity contribution in [1.82, 2.24) is 13.5 Å². The van der Waals surface area contributed by atoms with Gasteiger partial charge in [0.25, 0.3) is 0 Å². The standard InChI is InChI=1S/C17H17N3O4S2/c1-11-6-8-12(9-7-11)14(10-16(21)24-2)20-26(22,23)15-5-3-4-13-17(15)19-25-18-13/h3-9,14,20H,10H2,1-2H3/t14-/m1/s1. The minimum atomic E-state index is -3.92. The molecule has 0 aliphatic carbocycles. The van der Waals surface area contributed by atoms with Crippen molar-refractivity contribution >= 4 is 38.8 Å². The van der Waals surface area contributed by atoms with Crippen molar-refractivity contribution in [2.24, 2.45) is 0 Å². The second-order valence-electron chi connectivity index (χ2n) is 5.75. The maximum Gasteiger partial charge on any atom is 0.307 e. The molecule has 0 fully saturated rings. The van der Waals surface area contributed by atoms with Gasteiger partial charge < -0.3 is 4.74 Å². The summed E-state index contributed by atoms with van der Waals surface area (Å²) < 4.78 is 41.3. The second kappa shape index (κ2) is 7.48. The summed E-state index contributed by atoms with van der Waals surface area (Å²) in [6.45, 7) is 1.93. The predicted octanol–water partition coefficient (Wildman–Crippen LogP) is 2.58. The summed E-state index contributed by atoms with van der Waals surface area (Å²) in [5.74, 6) is -0.508. The fraction of sp³-hybridized carbons (Fsp3) is 0.235. The van der Waals surface area contributed by atoms with E-state index in [1.165, 1.54) is 13.2 Å². The molecule has 1 atom stereocenters. The van der Waals surface area contributed by atoms with E-state index in [9.17, 15) is 13.2 Å². The molecular formula is C17H17N3O4S2. The van der Waals surface area contributed by atoms with Gasteiger partial charge in [0.15, 0.2) is 0 Å². The monoisotopic (exact) mass is 391 g/mol. The molecule has 0 saturated heterocycles. The number of benzene rings is 2. The Morgan fingerprint density at radius 3 is 2.62 bits per heavy atom. The number of carbonyl (C=O) groups is 1. The third kappa shape index (κ3) is 3.90. The number of hydrogen-bond donors (Lipinski definition) is 1. The van der Waals surface area contributed by atoms with E-state index in [1.54, 1.807) is 24.3 Å². The number of hydrogen-bond acceptors (Lipinski definition) is 7. The van der Waals surface area contributed by atoms with Crippen molar-refractivity contribution < 1.29 is 17.9 Å². The van der Waals surface area contributed by atoms with E-state index in [0.717, 1.165) is 17.3 Å². The van der Waals surface area contributed by atoms with Crippen LogP contribution in [0.25, 0.3) is 11.0 Å². The molecule has 0 radical (unpaired) electrons. The molecule has 3 rings (SSSR count). The van der Waals surface area contributed by atoms with Crippen molar-refractivity contribution in [3.8, 4) is 0 Å². The SMILES string of the molecule is COC(=O)C[C@@H](NS(=O)(=O)c1cccc2nsnc12)c1ccc(C)cc1. The average molecular weight is 391 g/mol. The first-order valence-electron chi connectivity index (χ1n) is 7.77. The van der Waals surface area contributed by atoms with Crippen molar-refractivity contribution in [3.63, 3.8) is 0 Å². The van der Waals surface area contributed by atoms with Crippen LogP contribution in [0.5, 0.6) is 0 Å². The zero-order chi connectivity index (χ0) is 18.7. The third-order valence-corrected chi connectivity index (χ3v) is 5.96. The fourth-order valence-corrected chi connectivity index (χ4v) is 4.52. The minimum Gasteiger partial charge on any atom is -0.469 e. The molecule has 9 heteroatoms. The topological polar surface area (TPSA) is 98.2 Å². The Bertz CT molecular complexity index is 1030. The van der Waals surface area contributed by atoms with Crippen LogP contribution < -0.4 is 4.72 Å². The van der Waals surface area contributed by atoms with Gasteiger partial charge in [-0.15, -0.1) is 0 Å². The molecule has 0 spiro atoms. The number of aryl methyl sites for hydroxylation is 1. The van der Waals surface area contributed by atoms with Crippen LogP contribution in [-0.2, 0) is 19.6 Å². The number of fused-ring (bicyclic) bond motifs is 1. The summed E-state index contributed by atoms with van der Waals surface area (Å²) >= 11 is 0.948. The summed E-state index contributed by atoms with van der Waals surface area (Å²) in [4.78, 5) is 11.8. The number of ether oxygens (including phenoxy) is 1. The molecule has 0 saturated carbocycles. The maximum absolute atomic E-state index is 12.9. The lowest BCUT2D eigenvalue weighted by Crippen LogP contribution is -2.30. The Morgan fingerprint density at radius 2 is 1.92 bits per heavy atom. The molecule has 26 heavy (non-hydrogen) atoms. The highest BCUT2D eigenvalue weighted by Crippen LogP contribution is 2.25. The molecule has 0 unspecified atom stereocenters. The van der Waals surface area contributed by atoms with Gasteiger partial charge in [-0.25, -0.2) is 13.1 Å². The number of rotatable bonds is 6. The van der Waals surface area contributed by atoms with Gasteiger partial charge >= 0.3 is 5.97 Å². The smallest absolute Gasteiger partial charge is 0.307 e. The highest BCUT2D eigenvalue weighted by atomic mass is 32.2. The van der Waals surface area contributed by atoms with Crippen LogP contribution >= 0.6 is 11.7 Å². The quantitative estimate of drug-likeness (QED) is 0.649. The molecule has 0 aliphatic heterocycles. The normalized spacial score (nSPS) is 12.8. The molecule has 1 aromatic heterocycles.